The van der Waals surface area contributed by atoms with Crippen LogP contribution < -0.4 is 14.8 Å². The van der Waals surface area contributed by atoms with Crippen LogP contribution in [-0.2, 0) is 16.6 Å². The monoisotopic (exact) mass is 529 g/mol. The van der Waals surface area contributed by atoms with E-state index in [9.17, 15) is 13.2 Å². The van der Waals surface area contributed by atoms with Crippen LogP contribution in [0.25, 0.3) is 0 Å². The molecule has 1 aliphatic rings. The van der Waals surface area contributed by atoms with Gasteiger partial charge in [0.2, 0.25) is 0 Å². The van der Waals surface area contributed by atoms with E-state index in [1.54, 1.807) is 37.3 Å². The highest BCUT2D eigenvalue weighted by Crippen LogP contribution is 2.27. The second-order valence-electron chi connectivity index (χ2n) is 8.79. The summed E-state index contributed by atoms with van der Waals surface area (Å²) in [5, 5.41) is 3.11. The number of ether oxygens (including phenoxy) is 1. The number of piperidine rings is 1. The van der Waals surface area contributed by atoms with Gasteiger partial charge in [-0.05, 0) is 55.2 Å². The van der Waals surface area contributed by atoms with Crippen LogP contribution in [0.15, 0.2) is 77.7 Å². The minimum absolute atomic E-state index is 0. The maximum absolute atomic E-state index is 13.1. The van der Waals surface area contributed by atoms with Crippen molar-refractivity contribution in [3.8, 4) is 5.75 Å². The van der Waals surface area contributed by atoms with Crippen molar-refractivity contribution in [3.05, 3.63) is 89.5 Å². The molecule has 0 atom stereocenters. The maximum atomic E-state index is 13.1. The third kappa shape index (κ3) is 6.78. The van der Waals surface area contributed by atoms with Crippen LogP contribution in [0, 0.1) is 6.92 Å². The summed E-state index contributed by atoms with van der Waals surface area (Å²) in [7, 11) is -2.43. The molecule has 0 radical (unpaired) electrons. The molecule has 0 saturated carbocycles. The minimum Gasteiger partial charge on any atom is -0.495 e. The van der Waals surface area contributed by atoms with Crippen molar-refractivity contribution in [3.63, 3.8) is 0 Å². The highest BCUT2D eigenvalue weighted by atomic mass is 35.5. The van der Waals surface area contributed by atoms with Crippen molar-refractivity contribution in [1.29, 1.82) is 0 Å². The van der Waals surface area contributed by atoms with Gasteiger partial charge in [-0.1, -0.05) is 48.5 Å². The van der Waals surface area contributed by atoms with Gasteiger partial charge in [0.15, 0.2) is 0 Å². The van der Waals surface area contributed by atoms with Gasteiger partial charge in [0.05, 0.1) is 17.7 Å². The van der Waals surface area contributed by atoms with Crippen molar-refractivity contribution < 1.29 is 17.9 Å². The van der Waals surface area contributed by atoms with Crippen molar-refractivity contribution in [2.24, 2.45) is 0 Å². The summed E-state index contributed by atoms with van der Waals surface area (Å²) in [4.78, 5) is 15.5. The van der Waals surface area contributed by atoms with Gasteiger partial charge >= 0.3 is 0 Å². The first-order chi connectivity index (χ1) is 16.9. The van der Waals surface area contributed by atoms with Crippen molar-refractivity contribution in [1.82, 2.24) is 10.2 Å². The van der Waals surface area contributed by atoms with Gasteiger partial charge in [-0.3, -0.25) is 14.4 Å². The second kappa shape index (κ2) is 12.3. The van der Waals surface area contributed by atoms with E-state index in [1.807, 2.05) is 18.2 Å². The van der Waals surface area contributed by atoms with E-state index in [4.69, 9.17) is 4.74 Å². The summed E-state index contributed by atoms with van der Waals surface area (Å²) < 4.78 is 33.9. The molecule has 0 unspecified atom stereocenters. The number of para-hydroxylation sites is 2. The van der Waals surface area contributed by atoms with Gasteiger partial charge < -0.3 is 10.1 Å². The average molecular weight is 530 g/mol. The average Bonchev–Trinajstić information content (AvgIpc) is 2.86. The molecular formula is C27H32ClN3O4S. The van der Waals surface area contributed by atoms with E-state index in [2.05, 4.69) is 27.1 Å². The molecule has 2 N–H and O–H groups in total. The van der Waals surface area contributed by atoms with Gasteiger partial charge in [-0.15, -0.1) is 12.4 Å². The van der Waals surface area contributed by atoms with E-state index in [0.29, 0.717) is 17.0 Å². The molecular weight excluding hydrogens is 498 g/mol. The Morgan fingerprint density at radius 2 is 1.67 bits per heavy atom. The molecule has 4 rings (SSSR count). The number of halogens is 1. The standard InChI is InChI=1S/C27H31N3O4S.ClH/c1-20-12-13-23(35(32,33)29-25-10-6-7-11-26(25)34-2)18-24(20)27(31)28-22-14-16-30(17-15-22)19-21-8-4-3-5-9-21;/h3-13,18,22,29H,14-17,19H2,1-2H3,(H,28,31);1H. The number of nitrogens with zero attached hydrogens (tertiary/aromatic N) is 1. The quantitative estimate of drug-likeness (QED) is 0.444. The molecule has 1 amide bonds. The molecule has 3 aromatic rings. The number of hydrogen-bond acceptors (Lipinski definition) is 5. The first-order valence-corrected chi connectivity index (χ1v) is 13.2. The Labute approximate surface area is 219 Å². The lowest BCUT2D eigenvalue weighted by Gasteiger charge is -2.32. The zero-order valence-corrected chi connectivity index (χ0v) is 22.1. The normalized spacial score (nSPS) is 14.5. The molecule has 1 fully saturated rings. The number of amides is 1. The topological polar surface area (TPSA) is 87.7 Å². The highest BCUT2D eigenvalue weighted by Gasteiger charge is 2.24. The molecule has 0 aliphatic carbocycles. The Balaban J connectivity index is 0.00000361. The third-order valence-corrected chi connectivity index (χ3v) is 7.65. The number of likely N-dealkylation sites (tertiary alicyclic amines) is 1. The number of carbonyl (C=O) groups is 1. The predicted octanol–water partition coefficient (Wildman–Crippen LogP) is 4.62. The van der Waals surface area contributed by atoms with E-state index in [-0.39, 0.29) is 29.3 Å². The molecule has 0 aromatic heterocycles. The van der Waals surface area contributed by atoms with Gasteiger partial charge in [-0.2, -0.15) is 0 Å². The van der Waals surface area contributed by atoms with E-state index >= 15 is 0 Å². The van der Waals surface area contributed by atoms with Gasteiger partial charge in [0.25, 0.3) is 15.9 Å². The summed E-state index contributed by atoms with van der Waals surface area (Å²) in [6, 6.07) is 21.8. The fourth-order valence-electron chi connectivity index (χ4n) is 4.29. The Kier molecular flexibility index (Phi) is 9.37. The van der Waals surface area contributed by atoms with Gasteiger partial charge in [0.1, 0.15) is 5.75 Å². The molecule has 36 heavy (non-hydrogen) atoms. The molecule has 1 heterocycles. The number of rotatable bonds is 8. The lowest BCUT2D eigenvalue weighted by molar-refractivity contribution is 0.0908. The zero-order chi connectivity index (χ0) is 24.8. The van der Waals surface area contributed by atoms with E-state index in [1.165, 1.54) is 24.8 Å². The lowest BCUT2D eigenvalue weighted by atomic mass is 10.0. The van der Waals surface area contributed by atoms with E-state index < -0.39 is 10.0 Å². The smallest absolute Gasteiger partial charge is 0.262 e. The molecule has 1 aliphatic heterocycles. The van der Waals surface area contributed by atoms with Crippen LogP contribution in [0.5, 0.6) is 5.75 Å². The van der Waals surface area contributed by atoms with Crippen molar-refractivity contribution >= 4 is 34.0 Å². The summed E-state index contributed by atoms with van der Waals surface area (Å²) in [5.74, 6) is 0.165. The van der Waals surface area contributed by atoms with Crippen LogP contribution in [0.3, 0.4) is 0 Å². The Morgan fingerprint density at radius 3 is 2.36 bits per heavy atom. The number of carbonyl (C=O) groups excluding carboxylic acids is 1. The first kappa shape index (κ1) is 27.5. The number of anilines is 1. The largest absolute Gasteiger partial charge is 0.495 e. The van der Waals surface area contributed by atoms with E-state index in [0.717, 1.165) is 38.0 Å². The molecule has 7 nitrogen and oxygen atoms in total. The number of benzene rings is 3. The fraction of sp³-hybridized carbons (Fsp3) is 0.296. The summed E-state index contributed by atoms with van der Waals surface area (Å²) in [5.41, 5.74) is 2.70. The second-order valence-corrected chi connectivity index (χ2v) is 10.5. The molecule has 9 heteroatoms. The molecule has 0 bridgehead atoms. The summed E-state index contributed by atoms with van der Waals surface area (Å²) in [6.45, 7) is 4.51. The fourth-order valence-corrected chi connectivity index (χ4v) is 5.38. The zero-order valence-electron chi connectivity index (χ0n) is 20.4. The minimum atomic E-state index is -3.91. The first-order valence-electron chi connectivity index (χ1n) is 11.7. The van der Waals surface area contributed by atoms with Crippen LogP contribution >= 0.6 is 12.4 Å². The Bertz CT molecular complexity index is 1280. The Hall–Kier alpha value is -3.07. The van der Waals surface area contributed by atoms with Crippen molar-refractivity contribution in [2.75, 3.05) is 24.9 Å². The van der Waals surface area contributed by atoms with Crippen molar-refractivity contribution in [2.45, 2.75) is 37.2 Å². The molecule has 3 aromatic carbocycles. The molecule has 192 valence electrons. The van der Waals surface area contributed by atoms with Crippen LogP contribution in [0.2, 0.25) is 0 Å². The summed E-state index contributed by atoms with van der Waals surface area (Å²) in [6.07, 6.45) is 1.70. The molecule has 0 spiro atoms. The number of aryl methyl sites for hydroxylation is 1. The third-order valence-electron chi connectivity index (χ3n) is 6.29. The van der Waals surface area contributed by atoms with Crippen LogP contribution in [0.1, 0.15) is 34.3 Å². The number of sulfonamides is 1. The number of nitrogens with one attached hydrogen (secondary N) is 2. The van der Waals surface area contributed by atoms with Gasteiger partial charge in [-0.25, -0.2) is 8.42 Å². The predicted molar refractivity (Wildman–Crippen MR) is 144 cm³/mol. The van der Waals surface area contributed by atoms with Crippen LogP contribution in [0.4, 0.5) is 5.69 Å². The number of methoxy groups -OCH3 is 1. The molecule has 1 saturated heterocycles. The SMILES string of the molecule is COc1ccccc1NS(=O)(=O)c1ccc(C)c(C(=O)NC2CCN(Cc3ccccc3)CC2)c1.Cl. The van der Waals surface area contributed by atoms with Crippen LogP contribution in [-0.4, -0.2) is 45.5 Å². The Morgan fingerprint density at radius 1 is 1.00 bits per heavy atom. The van der Waals surface area contributed by atoms with Gasteiger partial charge in [0, 0.05) is 31.2 Å². The highest BCUT2D eigenvalue weighted by molar-refractivity contribution is 7.92. The number of hydrogen-bond donors (Lipinski definition) is 2. The maximum Gasteiger partial charge on any atom is 0.262 e. The summed E-state index contributed by atoms with van der Waals surface area (Å²) >= 11 is 0. The lowest BCUT2D eigenvalue weighted by Crippen LogP contribution is -2.44.